The van der Waals surface area contributed by atoms with Crippen molar-refractivity contribution in [3.8, 4) is 0 Å². The minimum absolute atomic E-state index is 0.165. The Labute approximate surface area is 136 Å². The lowest BCUT2D eigenvalue weighted by Crippen LogP contribution is -2.42. The first-order chi connectivity index (χ1) is 11.1. The summed E-state index contributed by atoms with van der Waals surface area (Å²) in [7, 11) is 0. The number of nitrogens with one attached hydrogen (secondary N) is 2. The number of carbonyl (C=O) groups is 2. The van der Waals surface area contributed by atoms with Crippen molar-refractivity contribution >= 4 is 11.8 Å². The Morgan fingerprint density at radius 1 is 0.826 bits per heavy atom. The lowest BCUT2D eigenvalue weighted by Gasteiger charge is -2.18. The van der Waals surface area contributed by atoms with Gasteiger partial charge in [-0.05, 0) is 24.5 Å². The third kappa shape index (κ3) is 4.68. The van der Waals surface area contributed by atoms with E-state index in [1.54, 1.807) is 0 Å². The summed E-state index contributed by atoms with van der Waals surface area (Å²) in [6, 6.07) is 18.8. The van der Waals surface area contributed by atoms with Crippen LogP contribution in [0.5, 0.6) is 0 Å². The van der Waals surface area contributed by atoms with E-state index in [4.69, 9.17) is 0 Å². The van der Waals surface area contributed by atoms with Gasteiger partial charge in [0.05, 0.1) is 12.1 Å². The highest BCUT2D eigenvalue weighted by atomic mass is 16.2. The van der Waals surface area contributed by atoms with Gasteiger partial charge in [0.15, 0.2) is 0 Å². The lowest BCUT2D eigenvalue weighted by molar-refractivity contribution is -0.140. The summed E-state index contributed by atoms with van der Waals surface area (Å²) in [5.41, 5.74) is 1.95. The first kappa shape index (κ1) is 16.7. The molecule has 0 saturated heterocycles. The molecular weight excluding hydrogens is 288 g/mol. The van der Waals surface area contributed by atoms with E-state index in [1.807, 2.05) is 74.5 Å². The molecule has 2 rings (SSSR count). The fourth-order valence-electron chi connectivity index (χ4n) is 2.42. The van der Waals surface area contributed by atoms with E-state index < -0.39 is 11.8 Å². The maximum atomic E-state index is 12.1. The average Bonchev–Trinajstić information content (AvgIpc) is 2.60. The van der Waals surface area contributed by atoms with Crippen LogP contribution in [0, 0.1) is 0 Å². The van der Waals surface area contributed by atoms with Gasteiger partial charge in [0.2, 0.25) is 0 Å². The molecule has 0 heterocycles. The van der Waals surface area contributed by atoms with Crippen LogP contribution >= 0.6 is 0 Å². The number of rotatable bonds is 5. The van der Waals surface area contributed by atoms with Crippen molar-refractivity contribution in [2.45, 2.75) is 32.4 Å². The number of amides is 2. The summed E-state index contributed by atoms with van der Waals surface area (Å²) in [6.45, 7) is 3.83. The van der Waals surface area contributed by atoms with Crippen LogP contribution < -0.4 is 10.6 Å². The topological polar surface area (TPSA) is 58.2 Å². The summed E-state index contributed by atoms with van der Waals surface area (Å²) in [5, 5.41) is 5.51. The molecule has 2 aromatic carbocycles. The molecule has 2 amide bonds. The fraction of sp³-hybridized carbons (Fsp3) is 0.263. The maximum Gasteiger partial charge on any atom is 0.309 e. The third-order valence-electron chi connectivity index (χ3n) is 3.77. The van der Waals surface area contributed by atoms with Gasteiger partial charge >= 0.3 is 11.8 Å². The summed E-state index contributed by atoms with van der Waals surface area (Å²) < 4.78 is 0. The van der Waals surface area contributed by atoms with E-state index in [0.717, 1.165) is 17.5 Å². The molecule has 2 aromatic rings. The van der Waals surface area contributed by atoms with E-state index in [-0.39, 0.29) is 12.1 Å². The molecule has 2 N–H and O–H groups in total. The van der Waals surface area contributed by atoms with Crippen molar-refractivity contribution in [1.82, 2.24) is 10.6 Å². The van der Waals surface area contributed by atoms with Crippen molar-refractivity contribution < 1.29 is 9.59 Å². The largest absolute Gasteiger partial charge is 0.341 e. The fourth-order valence-corrected chi connectivity index (χ4v) is 2.42. The molecule has 0 fully saturated rings. The number of carbonyl (C=O) groups excluding carboxylic acids is 2. The number of benzene rings is 2. The molecule has 120 valence electrons. The van der Waals surface area contributed by atoms with Gasteiger partial charge in [-0.25, -0.2) is 0 Å². The zero-order chi connectivity index (χ0) is 16.7. The first-order valence-electron chi connectivity index (χ1n) is 7.83. The van der Waals surface area contributed by atoms with Crippen molar-refractivity contribution in [3.63, 3.8) is 0 Å². The number of hydrogen-bond acceptors (Lipinski definition) is 2. The molecular formula is C19H22N2O2. The highest BCUT2D eigenvalue weighted by molar-refractivity contribution is 6.35. The average molecular weight is 310 g/mol. The standard InChI is InChI=1S/C19H22N2O2/c1-3-17(16-12-8-5-9-13-16)21-19(23)18(22)20-14(2)15-10-6-4-7-11-15/h4-14,17H,3H2,1-2H3,(H,20,22)(H,21,23)/t14-,17-/m1/s1. The van der Waals surface area contributed by atoms with Crippen LogP contribution in [0.4, 0.5) is 0 Å². The van der Waals surface area contributed by atoms with Gasteiger partial charge in [-0.1, -0.05) is 67.6 Å². The van der Waals surface area contributed by atoms with Gasteiger partial charge in [-0.15, -0.1) is 0 Å². The van der Waals surface area contributed by atoms with Crippen LogP contribution in [0.1, 0.15) is 43.5 Å². The quantitative estimate of drug-likeness (QED) is 0.834. The third-order valence-corrected chi connectivity index (χ3v) is 3.77. The predicted molar refractivity (Wildman–Crippen MR) is 90.6 cm³/mol. The molecule has 0 bridgehead atoms. The number of hydrogen-bond donors (Lipinski definition) is 2. The van der Waals surface area contributed by atoms with Crippen LogP contribution in [-0.2, 0) is 9.59 Å². The second-order valence-corrected chi connectivity index (χ2v) is 5.45. The molecule has 0 aromatic heterocycles. The highest BCUT2D eigenvalue weighted by Crippen LogP contribution is 2.16. The minimum atomic E-state index is -0.615. The molecule has 4 nitrogen and oxygen atoms in total. The second kappa shape index (κ2) is 8.13. The molecule has 0 spiro atoms. The Kier molecular flexibility index (Phi) is 5.92. The maximum absolute atomic E-state index is 12.1. The van der Waals surface area contributed by atoms with Crippen molar-refractivity contribution in [2.24, 2.45) is 0 Å². The van der Waals surface area contributed by atoms with E-state index >= 15 is 0 Å². The molecule has 23 heavy (non-hydrogen) atoms. The molecule has 0 unspecified atom stereocenters. The van der Waals surface area contributed by atoms with E-state index in [1.165, 1.54) is 0 Å². The summed E-state index contributed by atoms with van der Waals surface area (Å²) in [4.78, 5) is 24.2. The van der Waals surface area contributed by atoms with Crippen LogP contribution in [0.2, 0.25) is 0 Å². The zero-order valence-corrected chi connectivity index (χ0v) is 13.5. The SMILES string of the molecule is CC[C@@H](NC(=O)C(=O)N[C@H](C)c1ccccc1)c1ccccc1. The van der Waals surface area contributed by atoms with Crippen LogP contribution in [0.3, 0.4) is 0 Å². The van der Waals surface area contributed by atoms with Crippen LogP contribution in [0.25, 0.3) is 0 Å². The van der Waals surface area contributed by atoms with Crippen LogP contribution in [-0.4, -0.2) is 11.8 Å². The van der Waals surface area contributed by atoms with E-state index in [2.05, 4.69) is 10.6 Å². The van der Waals surface area contributed by atoms with Gasteiger partial charge in [-0.2, -0.15) is 0 Å². The zero-order valence-electron chi connectivity index (χ0n) is 13.5. The second-order valence-electron chi connectivity index (χ2n) is 5.45. The smallest absolute Gasteiger partial charge is 0.309 e. The van der Waals surface area contributed by atoms with Gasteiger partial charge in [0, 0.05) is 0 Å². The summed E-state index contributed by atoms with van der Waals surface area (Å²) >= 11 is 0. The van der Waals surface area contributed by atoms with Gasteiger partial charge in [0.1, 0.15) is 0 Å². The van der Waals surface area contributed by atoms with E-state index in [9.17, 15) is 9.59 Å². The van der Waals surface area contributed by atoms with Crippen molar-refractivity contribution in [3.05, 3.63) is 71.8 Å². The lowest BCUT2D eigenvalue weighted by atomic mass is 10.0. The van der Waals surface area contributed by atoms with Gasteiger partial charge < -0.3 is 10.6 Å². The van der Waals surface area contributed by atoms with Crippen molar-refractivity contribution in [2.75, 3.05) is 0 Å². The minimum Gasteiger partial charge on any atom is -0.341 e. The monoisotopic (exact) mass is 310 g/mol. The van der Waals surface area contributed by atoms with Crippen LogP contribution in [0.15, 0.2) is 60.7 Å². The molecule has 4 heteroatoms. The Morgan fingerprint density at radius 3 is 1.83 bits per heavy atom. The molecule has 2 atom stereocenters. The highest BCUT2D eigenvalue weighted by Gasteiger charge is 2.20. The van der Waals surface area contributed by atoms with Gasteiger partial charge in [-0.3, -0.25) is 9.59 Å². The Hall–Kier alpha value is -2.62. The normalized spacial score (nSPS) is 13.0. The van der Waals surface area contributed by atoms with Crippen molar-refractivity contribution in [1.29, 1.82) is 0 Å². The van der Waals surface area contributed by atoms with Gasteiger partial charge in [0.25, 0.3) is 0 Å². The summed E-state index contributed by atoms with van der Waals surface area (Å²) in [5.74, 6) is -1.22. The molecule has 0 aliphatic heterocycles. The molecule has 0 saturated carbocycles. The molecule has 0 aliphatic carbocycles. The first-order valence-corrected chi connectivity index (χ1v) is 7.83. The summed E-state index contributed by atoms with van der Waals surface area (Å²) in [6.07, 6.45) is 0.720. The Bertz CT molecular complexity index is 641. The Morgan fingerprint density at radius 2 is 1.30 bits per heavy atom. The van der Waals surface area contributed by atoms with E-state index in [0.29, 0.717) is 0 Å². The predicted octanol–water partition coefficient (Wildman–Crippen LogP) is 3.13. The molecule has 0 radical (unpaired) electrons. The Balaban J connectivity index is 1.95. The molecule has 0 aliphatic rings.